The fourth-order valence-corrected chi connectivity index (χ4v) is 2.37. The van der Waals surface area contributed by atoms with E-state index in [9.17, 15) is 4.79 Å². The van der Waals surface area contributed by atoms with E-state index in [1.165, 1.54) is 11.3 Å². The van der Waals surface area contributed by atoms with Crippen LogP contribution >= 0.6 is 11.3 Å². The molecule has 1 aliphatic rings. The number of thiophene rings is 1. The van der Waals surface area contributed by atoms with E-state index in [0.29, 0.717) is 17.1 Å². The maximum atomic E-state index is 11.5. The highest BCUT2D eigenvalue weighted by atomic mass is 32.1. The predicted molar refractivity (Wildman–Crippen MR) is 54.2 cm³/mol. The first-order valence-electron chi connectivity index (χ1n) is 4.17. The van der Waals surface area contributed by atoms with Crippen molar-refractivity contribution >= 4 is 27.5 Å². The van der Waals surface area contributed by atoms with Gasteiger partial charge in [0.05, 0.1) is 6.26 Å². The third kappa shape index (κ3) is 0.943. The lowest BCUT2D eigenvalue weighted by atomic mass is 10.1. The van der Waals surface area contributed by atoms with Crippen LogP contribution in [0.1, 0.15) is 11.3 Å². The molecule has 0 bridgehead atoms. The molecule has 0 aliphatic carbocycles. The fraction of sp³-hybridized carbons (Fsp3) is 0.100. The van der Waals surface area contributed by atoms with Crippen molar-refractivity contribution in [2.75, 3.05) is 0 Å². The number of fused-ring (bicyclic) bond motifs is 3. The highest BCUT2D eigenvalue weighted by molar-refractivity contribution is 7.17. The van der Waals surface area contributed by atoms with Gasteiger partial charge in [-0.15, -0.1) is 11.3 Å². The Kier molecular flexibility index (Phi) is 1.52. The lowest BCUT2D eigenvalue weighted by Crippen LogP contribution is -2.05. The Morgan fingerprint density at radius 2 is 2.36 bits per heavy atom. The fourth-order valence-electron chi connectivity index (χ4n) is 1.57. The van der Waals surface area contributed by atoms with Crippen molar-refractivity contribution in [2.24, 2.45) is 0 Å². The Morgan fingerprint density at radius 3 is 3.29 bits per heavy atom. The van der Waals surface area contributed by atoms with E-state index in [4.69, 9.17) is 9.15 Å². The summed E-state index contributed by atoms with van der Waals surface area (Å²) in [5, 5.41) is 2.84. The van der Waals surface area contributed by atoms with E-state index < -0.39 is 0 Å². The summed E-state index contributed by atoms with van der Waals surface area (Å²) in [4.78, 5) is 11.5. The van der Waals surface area contributed by atoms with E-state index in [0.717, 1.165) is 10.9 Å². The average Bonchev–Trinajstić information content (AvgIpc) is 2.67. The second kappa shape index (κ2) is 2.72. The van der Waals surface area contributed by atoms with E-state index in [1.807, 2.05) is 11.4 Å². The van der Waals surface area contributed by atoms with Crippen molar-refractivity contribution in [2.45, 2.75) is 6.61 Å². The van der Waals surface area contributed by atoms with Gasteiger partial charge in [0.15, 0.2) is 0 Å². The molecule has 1 aliphatic heterocycles. The predicted octanol–water partition coefficient (Wildman–Crippen LogP) is 2.36. The lowest BCUT2D eigenvalue weighted by Gasteiger charge is -2.10. The molecule has 0 atom stereocenters. The van der Waals surface area contributed by atoms with Gasteiger partial charge in [-0.1, -0.05) is 0 Å². The molecule has 2 aromatic heterocycles. The van der Waals surface area contributed by atoms with Gasteiger partial charge in [0.2, 0.25) is 0 Å². The smallest absolute Gasteiger partial charge is 0.354 e. The first kappa shape index (κ1) is 7.82. The molecule has 0 saturated carbocycles. The normalized spacial score (nSPS) is 14.0. The van der Waals surface area contributed by atoms with Crippen molar-refractivity contribution in [3.8, 4) is 0 Å². The molecule has 14 heavy (non-hydrogen) atoms. The van der Waals surface area contributed by atoms with Gasteiger partial charge in [-0.25, -0.2) is 4.79 Å². The van der Waals surface area contributed by atoms with Gasteiger partial charge in [-0.05, 0) is 11.4 Å². The summed E-state index contributed by atoms with van der Waals surface area (Å²) in [5.74, 6) is 0.618. The molecule has 3 rings (SSSR count). The third-order valence-electron chi connectivity index (χ3n) is 2.22. The standard InChI is InChI=1S/C10H6O3S/c11-10-9-6(2-4-14-9)7-5-12-3-1-8(7)13-10/h1-4H,5H2. The first-order valence-corrected chi connectivity index (χ1v) is 5.05. The number of hydrogen-bond donors (Lipinski definition) is 0. The SMILES string of the molecule is O=c1oc2c(c3ccsc13)COC=C2. The van der Waals surface area contributed by atoms with Crippen LogP contribution in [0.15, 0.2) is 26.9 Å². The quantitative estimate of drug-likeness (QED) is 0.664. The summed E-state index contributed by atoms with van der Waals surface area (Å²) in [6.07, 6.45) is 3.22. The van der Waals surface area contributed by atoms with E-state index in [1.54, 1.807) is 12.3 Å². The van der Waals surface area contributed by atoms with E-state index in [2.05, 4.69) is 0 Å². The van der Waals surface area contributed by atoms with Crippen LogP contribution in [0, 0.1) is 0 Å². The molecule has 0 amide bonds. The maximum absolute atomic E-state index is 11.5. The molecule has 0 saturated heterocycles. The second-order valence-electron chi connectivity index (χ2n) is 3.01. The molecule has 0 fully saturated rings. The minimum Gasteiger partial charge on any atom is -0.496 e. The molecular formula is C10H6O3S. The zero-order valence-electron chi connectivity index (χ0n) is 7.15. The van der Waals surface area contributed by atoms with E-state index in [-0.39, 0.29) is 5.63 Å². The molecule has 2 aromatic rings. The van der Waals surface area contributed by atoms with Crippen molar-refractivity contribution < 1.29 is 9.15 Å². The van der Waals surface area contributed by atoms with Crippen molar-refractivity contribution in [1.29, 1.82) is 0 Å². The largest absolute Gasteiger partial charge is 0.496 e. The van der Waals surface area contributed by atoms with Crippen LogP contribution in [0.25, 0.3) is 16.2 Å². The number of hydrogen-bond acceptors (Lipinski definition) is 4. The molecule has 3 nitrogen and oxygen atoms in total. The molecule has 0 spiro atoms. The number of rotatable bonds is 0. The third-order valence-corrected chi connectivity index (χ3v) is 3.11. The van der Waals surface area contributed by atoms with Gasteiger partial charge >= 0.3 is 5.63 Å². The summed E-state index contributed by atoms with van der Waals surface area (Å²) < 4.78 is 11.0. The van der Waals surface area contributed by atoms with E-state index >= 15 is 0 Å². The van der Waals surface area contributed by atoms with Crippen LogP contribution in [-0.4, -0.2) is 0 Å². The Labute approximate surface area is 83.2 Å². The summed E-state index contributed by atoms with van der Waals surface area (Å²) in [6, 6.07) is 1.93. The van der Waals surface area contributed by atoms with Crippen LogP contribution in [0.3, 0.4) is 0 Å². The zero-order chi connectivity index (χ0) is 9.54. The topological polar surface area (TPSA) is 39.4 Å². The minimum atomic E-state index is -0.264. The molecule has 70 valence electrons. The molecule has 4 heteroatoms. The van der Waals surface area contributed by atoms with Crippen molar-refractivity contribution in [3.05, 3.63) is 39.5 Å². The van der Waals surface area contributed by atoms with Gasteiger partial charge in [0, 0.05) is 17.0 Å². The van der Waals surface area contributed by atoms with Crippen LogP contribution in [0.4, 0.5) is 0 Å². The highest BCUT2D eigenvalue weighted by Crippen LogP contribution is 2.27. The first-order chi connectivity index (χ1) is 6.86. The Morgan fingerprint density at radius 1 is 1.43 bits per heavy atom. The summed E-state index contributed by atoms with van der Waals surface area (Å²) >= 11 is 1.40. The summed E-state index contributed by atoms with van der Waals surface area (Å²) in [5.41, 5.74) is 0.698. The zero-order valence-corrected chi connectivity index (χ0v) is 7.97. The summed E-state index contributed by atoms with van der Waals surface area (Å²) in [7, 11) is 0. The van der Waals surface area contributed by atoms with Crippen LogP contribution < -0.4 is 5.63 Å². The van der Waals surface area contributed by atoms with Crippen molar-refractivity contribution in [3.63, 3.8) is 0 Å². The second-order valence-corrected chi connectivity index (χ2v) is 3.93. The molecule has 3 heterocycles. The lowest BCUT2D eigenvalue weighted by molar-refractivity contribution is 0.230. The van der Waals surface area contributed by atoms with Gasteiger partial charge < -0.3 is 9.15 Å². The van der Waals surface area contributed by atoms with Gasteiger partial charge in [0.1, 0.15) is 17.1 Å². The summed E-state index contributed by atoms with van der Waals surface area (Å²) in [6.45, 7) is 0.475. The molecule has 0 N–H and O–H groups in total. The minimum absolute atomic E-state index is 0.264. The monoisotopic (exact) mass is 206 g/mol. The van der Waals surface area contributed by atoms with Crippen molar-refractivity contribution in [1.82, 2.24) is 0 Å². The maximum Gasteiger partial charge on any atom is 0.354 e. The molecular weight excluding hydrogens is 200 g/mol. The van der Waals surface area contributed by atoms with Gasteiger partial charge in [-0.2, -0.15) is 0 Å². The van der Waals surface area contributed by atoms with Crippen LogP contribution in [0.5, 0.6) is 0 Å². The molecule has 0 radical (unpaired) electrons. The Balaban J connectivity index is 2.52. The number of ether oxygens (including phenoxy) is 1. The molecule has 0 unspecified atom stereocenters. The Bertz CT molecular complexity index is 577. The van der Waals surface area contributed by atoms with Crippen LogP contribution in [0.2, 0.25) is 0 Å². The molecule has 0 aromatic carbocycles. The Hall–Kier alpha value is -1.55. The van der Waals surface area contributed by atoms with Gasteiger partial charge in [0.25, 0.3) is 0 Å². The van der Waals surface area contributed by atoms with Crippen LogP contribution in [-0.2, 0) is 11.3 Å². The highest BCUT2D eigenvalue weighted by Gasteiger charge is 2.15. The van der Waals surface area contributed by atoms with Gasteiger partial charge in [-0.3, -0.25) is 0 Å². The average molecular weight is 206 g/mol.